The largest absolute Gasteiger partial charge is 0.356 e. The second-order valence-electron chi connectivity index (χ2n) is 6.24. The number of hydrogen-bond donors (Lipinski definition) is 2. The van der Waals surface area contributed by atoms with Gasteiger partial charge in [-0.15, -0.1) is 0 Å². The SMILES string of the molecule is CN=C(NCCCn1ccc2ccccc21)NCC(C)(C)SC. The lowest BCUT2D eigenvalue weighted by atomic mass is 10.2. The average molecular weight is 333 g/mol. The molecule has 1 aromatic carbocycles. The summed E-state index contributed by atoms with van der Waals surface area (Å²) >= 11 is 1.86. The van der Waals surface area contributed by atoms with Gasteiger partial charge in [-0.3, -0.25) is 4.99 Å². The molecule has 0 aliphatic heterocycles. The van der Waals surface area contributed by atoms with Gasteiger partial charge in [0.25, 0.3) is 0 Å². The van der Waals surface area contributed by atoms with Crippen LogP contribution < -0.4 is 10.6 Å². The number of benzene rings is 1. The molecule has 1 heterocycles. The quantitative estimate of drug-likeness (QED) is 0.464. The first-order valence-corrected chi connectivity index (χ1v) is 9.32. The van der Waals surface area contributed by atoms with Gasteiger partial charge in [-0.05, 0) is 44.0 Å². The fourth-order valence-corrected chi connectivity index (χ4v) is 2.60. The minimum Gasteiger partial charge on any atom is -0.356 e. The predicted molar refractivity (Wildman–Crippen MR) is 104 cm³/mol. The third kappa shape index (κ3) is 5.20. The normalized spacial score (nSPS) is 12.6. The van der Waals surface area contributed by atoms with Crippen LogP contribution in [-0.4, -0.2) is 41.7 Å². The van der Waals surface area contributed by atoms with Crippen LogP contribution in [0, 0.1) is 0 Å². The van der Waals surface area contributed by atoms with Crippen molar-refractivity contribution in [2.75, 3.05) is 26.4 Å². The second kappa shape index (κ2) is 8.29. The van der Waals surface area contributed by atoms with Crippen LogP contribution in [0.5, 0.6) is 0 Å². The van der Waals surface area contributed by atoms with Crippen molar-refractivity contribution in [3.63, 3.8) is 0 Å². The molecule has 2 aromatic rings. The first-order valence-electron chi connectivity index (χ1n) is 8.09. The van der Waals surface area contributed by atoms with Crippen LogP contribution in [0.3, 0.4) is 0 Å². The molecule has 126 valence electrons. The lowest BCUT2D eigenvalue weighted by Crippen LogP contribution is -2.43. The summed E-state index contributed by atoms with van der Waals surface area (Å²) in [5.41, 5.74) is 1.30. The summed E-state index contributed by atoms with van der Waals surface area (Å²) in [6.45, 7) is 7.28. The molecule has 0 amide bonds. The highest BCUT2D eigenvalue weighted by atomic mass is 32.2. The van der Waals surface area contributed by atoms with Gasteiger partial charge in [0.05, 0.1) is 0 Å². The number of para-hydroxylation sites is 1. The van der Waals surface area contributed by atoms with Gasteiger partial charge in [0.1, 0.15) is 0 Å². The van der Waals surface area contributed by atoms with E-state index in [-0.39, 0.29) is 4.75 Å². The Balaban J connectivity index is 1.76. The number of nitrogens with zero attached hydrogens (tertiary/aromatic N) is 2. The van der Waals surface area contributed by atoms with Crippen molar-refractivity contribution < 1.29 is 0 Å². The topological polar surface area (TPSA) is 41.4 Å². The summed E-state index contributed by atoms with van der Waals surface area (Å²) in [7, 11) is 1.82. The van der Waals surface area contributed by atoms with E-state index in [4.69, 9.17) is 0 Å². The zero-order chi connectivity index (χ0) is 16.7. The number of aliphatic imine (C=N–C) groups is 1. The van der Waals surface area contributed by atoms with Crippen LogP contribution in [-0.2, 0) is 6.54 Å². The predicted octanol–water partition coefficient (Wildman–Crippen LogP) is 3.34. The maximum Gasteiger partial charge on any atom is 0.191 e. The first-order chi connectivity index (χ1) is 11.1. The van der Waals surface area contributed by atoms with E-state index in [9.17, 15) is 0 Å². The van der Waals surface area contributed by atoms with E-state index in [1.807, 2.05) is 18.8 Å². The lowest BCUT2D eigenvalue weighted by Gasteiger charge is -2.23. The number of nitrogens with one attached hydrogen (secondary N) is 2. The fraction of sp³-hybridized carbons (Fsp3) is 0.500. The number of aromatic nitrogens is 1. The van der Waals surface area contributed by atoms with Crippen molar-refractivity contribution in [2.24, 2.45) is 4.99 Å². The summed E-state index contributed by atoms with van der Waals surface area (Å²) in [6, 6.07) is 10.7. The van der Waals surface area contributed by atoms with Crippen LogP contribution in [0.4, 0.5) is 0 Å². The molecule has 2 N–H and O–H groups in total. The maximum absolute atomic E-state index is 4.29. The second-order valence-corrected chi connectivity index (χ2v) is 7.75. The molecule has 0 radical (unpaired) electrons. The Kier molecular flexibility index (Phi) is 6.39. The van der Waals surface area contributed by atoms with E-state index < -0.39 is 0 Å². The maximum atomic E-state index is 4.29. The Morgan fingerprint density at radius 1 is 1.22 bits per heavy atom. The minimum absolute atomic E-state index is 0.210. The average Bonchev–Trinajstić information content (AvgIpc) is 2.97. The summed E-state index contributed by atoms with van der Waals surface area (Å²) in [6.07, 6.45) is 5.36. The standard InChI is InChI=1S/C18H28N4S/c1-18(2,23-4)14-21-17(19-3)20-11-7-12-22-13-10-15-8-5-6-9-16(15)22/h5-6,8-10,13H,7,11-12,14H2,1-4H3,(H2,19,20,21). The van der Waals surface area contributed by atoms with Crippen molar-refractivity contribution in [3.8, 4) is 0 Å². The van der Waals surface area contributed by atoms with E-state index in [0.29, 0.717) is 0 Å². The Morgan fingerprint density at radius 3 is 2.74 bits per heavy atom. The molecule has 0 bridgehead atoms. The molecule has 23 heavy (non-hydrogen) atoms. The molecule has 0 saturated heterocycles. The smallest absolute Gasteiger partial charge is 0.191 e. The highest BCUT2D eigenvalue weighted by molar-refractivity contribution is 7.99. The van der Waals surface area contributed by atoms with Gasteiger partial charge in [-0.2, -0.15) is 11.8 Å². The van der Waals surface area contributed by atoms with Crippen LogP contribution in [0.25, 0.3) is 10.9 Å². The highest BCUT2D eigenvalue weighted by Crippen LogP contribution is 2.19. The third-order valence-electron chi connectivity index (χ3n) is 4.01. The van der Waals surface area contributed by atoms with E-state index in [1.165, 1.54) is 10.9 Å². The Hall–Kier alpha value is -1.62. The van der Waals surface area contributed by atoms with Crippen molar-refractivity contribution in [3.05, 3.63) is 36.5 Å². The Labute approximate surface area is 143 Å². The molecule has 0 saturated carbocycles. The molecule has 0 aliphatic carbocycles. The number of fused-ring (bicyclic) bond motifs is 1. The molecule has 0 spiro atoms. The number of rotatable bonds is 7. The van der Waals surface area contributed by atoms with Gasteiger partial charge in [0.15, 0.2) is 5.96 Å². The summed E-state index contributed by atoms with van der Waals surface area (Å²) in [4.78, 5) is 4.29. The van der Waals surface area contributed by atoms with E-state index >= 15 is 0 Å². The fourth-order valence-electron chi connectivity index (χ4n) is 2.38. The molecule has 0 fully saturated rings. The van der Waals surface area contributed by atoms with E-state index in [2.05, 4.69) is 76.8 Å². The first kappa shape index (κ1) is 17.7. The van der Waals surface area contributed by atoms with Crippen molar-refractivity contribution >= 4 is 28.6 Å². The molecule has 0 atom stereocenters. The molecule has 4 nitrogen and oxygen atoms in total. The van der Waals surface area contributed by atoms with Gasteiger partial charge in [0.2, 0.25) is 0 Å². The van der Waals surface area contributed by atoms with Crippen molar-refractivity contribution in [1.29, 1.82) is 0 Å². The van der Waals surface area contributed by atoms with Gasteiger partial charge in [-0.1, -0.05) is 18.2 Å². The molecular weight excluding hydrogens is 304 g/mol. The van der Waals surface area contributed by atoms with E-state index in [1.54, 1.807) is 0 Å². The van der Waals surface area contributed by atoms with Crippen LogP contribution in [0.15, 0.2) is 41.5 Å². The van der Waals surface area contributed by atoms with Gasteiger partial charge in [-0.25, -0.2) is 0 Å². The third-order valence-corrected chi connectivity index (χ3v) is 5.26. The van der Waals surface area contributed by atoms with Crippen LogP contribution in [0.1, 0.15) is 20.3 Å². The monoisotopic (exact) mass is 332 g/mol. The molecule has 0 aliphatic rings. The highest BCUT2D eigenvalue weighted by Gasteiger charge is 2.15. The number of hydrogen-bond acceptors (Lipinski definition) is 2. The molecule has 0 unspecified atom stereocenters. The number of aryl methyl sites for hydroxylation is 1. The van der Waals surface area contributed by atoms with Crippen LogP contribution in [0.2, 0.25) is 0 Å². The number of guanidine groups is 1. The molecular formula is C18H28N4S. The molecule has 5 heteroatoms. The lowest BCUT2D eigenvalue weighted by molar-refractivity contribution is 0.628. The Morgan fingerprint density at radius 2 is 2.00 bits per heavy atom. The van der Waals surface area contributed by atoms with Gasteiger partial charge >= 0.3 is 0 Å². The van der Waals surface area contributed by atoms with Crippen molar-refractivity contribution in [1.82, 2.24) is 15.2 Å². The van der Waals surface area contributed by atoms with E-state index in [0.717, 1.165) is 32.0 Å². The summed E-state index contributed by atoms with van der Waals surface area (Å²) < 4.78 is 2.52. The summed E-state index contributed by atoms with van der Waals surface area (Å²) in [5, 5.41) is 8.09. The van der Waals surface area contributed by atoms with Gasteiger partial charge < -0.3 is 15.2 Å². The zero-order valence-electron chi connectivity index (χ0n) is 14.6. The van der Waals surface area contributed by atoms with Crippen LogP contribution >= 0.6 is 11.8 Å². The Bertz CT molecular complexity index is 645. The summed E-state index contributed by atoms with van der Waals surface area (Å²) in [5.74, 6) is 0.879. The van der Waals surface area contributed by atoms with Crippen molar-refractivity contribution in [2.45, 2.75) is 31.6 Å². The molecule has 1 aromatic heterocycles. The zero-order valence-corrected chi connectivity index (χ0v) is 15.4. The van der Waals surface area contributed by atoms with Gasteiger partial charge in [0, 0.05) is 43.1 Å². The number of thioether (sulfide) groups is 1. The molecule has 2 rings (SSSR count). The minimum atomic E-state index is 0.210.